The predicted octanol–water partition coefficient (Wildman–Crippen LogP) is 5.67. The second-order valence-corrected chi connectivity index (χ2v) is 10.1. The number of rotatable bonds is 6. The molecule has 0 bridgehead atoms. The molecule has 0 saturated heterocycles. The molecule has 0 unspecified atom stereocenters. The minimum Gasteiger partial charge on any atom is -0.469 e. The van der Waals surface area contributed by atoms with Crippen LogP contribution in [-0.2, 0) is 27.2 Å². The molecule has 3 amide bonds. The fourth-order valence-corrected chi connectivity index (χ4v) is 5.15. The highest BCUT2D eigenvalue weighted by Gasteiger charge is 2.29. The number of benzene rings is 2. The average molecular weight is 512 g/mol. The summed E-state index contributed by atoms with van der Waals surface area (Å²) in [5.41, 5.74) is 3.61. The van der Waals surface area contributed by atoms with E-state index in [1.165, 1.54) is 7.11 Å². The summed E-state index contributed by atoms with van der Waals surface area (Å²) >= 11 is 1.65. The molecule has 8 nitrogen and oxygen atoms in total. The van der Waals surface area contributed by atoms with Gasteiger partial charge in [-0.05, 0) is 91.8 Å². The maximum atomic E-state index is 12.8. The van der Waals surface area contributed by atoms with Crippen molar-refractivity contribution in [3.63, 3.8) is 0 Å². The number of hydrogen-bond donors (Lipinski definition) is 2. The molecule has 9 heteroatoms. The second kappa shape index (κ2) is 12.2. The van der Waals surface area contributed by atoms with E-state index in [-0.39, 0.29) is 24.2 Å². The SMILES string of the molecule is COC(=O)C[C@H]1CC[C@H](OC(=O)N2CCc3cc(NC(=O)Nc4ccc(SC)cc4)ccc3C2)CC1. The standard InChI is InChI=1S/C27H33N3O5S/c1-34-25(31)15-18-3-9-23(10-4-18)35-27(33)30-14-13-19-16-22(6-5-20(19)17-30)29-26(32)28-21-7-11-24(36-2)12-8-21/h5-8,11-12,16,18,23H,3-4,9-10,13-15,17H2,1-2H3,(H2,28,29,32)/t18-,23-. The van der Waals surface area contributed by atoms with Gasteiger partial charge < -0.3 is 25.0 Å². The summed E-state index contributed by atoms with van der Waals surface area (Å²) in [5.74, 6) is 0.127. The molecular weight excluding hydrogens is 478 g/mol. The molecule has 2 aromatic rings. The monoisotopic (exact) mass is 511 g/mol. The van der Waals surface area contributed by atoms with Crippen molar-refractivity contribution in [3.05, 3.63) is 53.6 Å². The fourth-order valence-electron chi connectivity index (χ4n) is 4.74. The second-order valence-electron chi connectivity index (χ2n) is 9.27. The number of thioether (sulfide) groups is 1. The lowest BCUT2D eigenvalue weighted by molar-refractivity contribution is -0.142. The Morgan fingerprint density at radius 3 is 2.36 bits per heavy atom. The molecule has 4 rings (SSSR count). The van der Waals surface area contributed by atoms with E-state index in [1.807, 2.05) is 48.7 Å². The molecular formula is C27H33N3O5S. The minimum atomic E-state index is -0.297. The van der Waals surface area contributed by atoms with E-state index in [0.717, 1.165) is 47.4 Å². The summed E-state index contributed by atoms with van der Waals surface area (Å²) in [4.78, 5) is 39.5. The number of anilines is 2. The Kier molecular flexibility index (Phi) is 8.74. The van der Waals surface area contributed by atoms with E-state index in [0.29, 0.717) is 37.5 Å². The first-order valence-electron chi connectivity index (χ1n) is 12.3. The molecule has 1 aliphatic heterocycles. The van der Waals surface area contributed by atoms with E-state index in [9.17, 15) is 14.4 Å². The van der Waals surface area contributed by atoms with Gasteiger partial charge in [-0.3, -0.25) is 4.79 Å². The minimum absolute atomic E-state index is 0.102. The van der Waals surface area contributed by atoms with Crippen LogP contribution in [0.25, 0.3) is 0 Å². The van der Waals surface area contributed by atoms with Crippen molar-refractivity contribution in [2.75, 3.05) is 30.5 Å². The Bertz CT molecular complexity index is 1080. The van der Waals surface area contributed by atoms with Gasteiger partial charge in [0.1, 0.15) is 6.10 Å². The van der Waals surface area contributed by atoms with Crippen molar-refractivity contribution in [2.24, 2.45) is 5.92 Å². The van der Waals surface area contributed by atoms with Crippen LogP contribution in [0.5, 0.6) is 0 Å². The van der Waals surface area contributed by atoms with Crippen molar-refractivity contribution in [1.82, 2.24) is 4.90 Å². The maximum Gasteiger partial charge on any atom is 0.410 e. The molecule has 1 aliphatic carbocycles. The molecule has 2 N–H and O–H groups in total. The smallest absolute Gasteiger partial charge is 0.410 e. The lowest BCUT2D eigenvalue weighted by Gasteiger charge is -2.32. The van der Waals surface area contributed by atoms with Gasteiger partial charge in [-0.25, -0.2) is 9.59 Å². The molecule has 1 heterocycles. The third kappa shape index (κ3) is 6.94. The van der Waals surface area contributed by atoms with E-state index >= 15 is 0 Å². The summed E-state index contributed by atoms with van der Waals surface area (Å²) in [6.45, 7) is 1.06. The number of esters is 1. The summed E-state index contributed by atoms with van der Waals surface area (Å²) < 4.78 is 10.5. The molecule has 0 spiro atoms. The number of urea groups is 1. The van der Waals surface area contributed by atoms with Crippen LogP contribution in [0.3, 0.4) is 0 Å². The molecule has 192 valence electrons. The van der Waals surface area contributed by atoms with E-state index < -0.39 is 0 Å². The molecule has 1 saturated carbocycles. The first-order valence-corrected chi connectivity index (χ1v) is 13.5. The Balaban J connectivity index is 1.25. The molecule has 1 fully saturated rings. The van der Waals surface area contributed by atoms with Crippen LogP contribution in [0.1, 0.15) is 43.2 Å². The Hall–Kier alpha value is -3.20. The van der Waals surface area contributed by atoms with Gasteiger partial charge in [0.2, 0.25) is 0 Å². The summed E-state index contributed by atoms with van der Waals surface area (Å²) in [6.07, 6.45) is 6.03. The molecule has 36 heavy (non-hydrogen) atoms. The van der Waals surface area contributed by atoms with Gasteiger partial charge in [-0.2, -0.15) is 0 Å². The van der Waals surface area contributed by atoms with Crippen LogP contribution in [0.2, 0.25) is 0 Å². The largest absolute Gasteiger partial charge is 0.469 e. The molecule has 2 aliphatic rings. The van der Waals surface area contributed by atoms with Crippen LogP contribution < -0.4 is 10.6 Å². The van der Waals surface area contributed by atoms with Crippen molar-refractivity contribution < 1.29 is 23.9 Å². The van der Waals surface area contributed by atoms with Crippen LogP contribution in [-0.4, -0.2) is 49.0 Å². The first kappa shape index (κ1) is 25.9. The highest BCUT2D eigenvalue weighted by molar-refractivity contribution is 7.98. The van der Waals surface area contributed by atoms with Gasteiger partial charge in [-0.15, -0.1) is 11.8 Å². The predicted molar refractivity (Wildman–Crippen MR) is 140 cm³/mol. The topological polar surface area (TPSA) is 97.0 Å². The van der Waals surface area contributed by atoms with Crippen molar-refractivity contribution in [2.45, 2.75) is 56.1 Å². The average Bonchev–Trinajstić information content (AvgIpc) is 2.89. The maximum absolute atomic E-state index is 12.8. The van der Waals surface area contributed by atoms with Crippen molar-refractivity contribution in [3.8, 4) is 0 Å². The number of nitrogens with one attached hydrogen (secondary N) is 2. The zero-order valence-electron chi connectivity index (χ0n) is 20.7. The molecule has 2 aromatic carbocycles. The fraction of sp³-hybridized carbons (Fsp3) is 0.444. The van der Waals surface area contributed by atoms with Crippen molar-refractivity contribution in [1.29, 1.82) is 0 Å². The number of carbonyl (C=O) groups is 3. The summed E-state index contributed by atoms with van der Waals surface area (Å²) in [6, 6.07) is 13.2. The molecule has 0 atom stereocenters. The van der Waals surface area contributed by atoms with E-state index in [4.69, 9.17) is 9.47 Å². The number of ether oxygens (including phenoxy) is 2. The number of carbonyl (C=O) groups excluding carboxylic acids is 3. The van der Waals surface area contributed by atoms with Gasteiger partial charge in [0.25, 0.3) is 0 Å². The van der Waals surface area contributed by atoms with Gasteiger partial charge in [0, 0.05) is 35.8 Å². The summed E-state index contributed by atoms with van der Waals surface area (Å²) in [5, 5.41) is 5.73. The number of hydrogen-bond acceptors (Lipinski definition) is 6. The summed E-state index contributed by atoms with van der Waals surface area (Å²) in [7, 11) is 1.41. The van der Waals surface area contributed by atoms with E-state index in [2.05, 4.69) is 10.6 Å². The van der Waals surface area contributed by atoms with E-state index in [1.54, 1.807) is 16.7 Å². The normalized spacial score (nSPS) is 19.1. The third-order valence-electron chi connectivity index (χ3n) is 6.83. The van der Waals surface area contributed by atoms with Gasteiger partial charge in [-0.1, -0.05) is 6.07 Å². The lowest BCUT2D eigenvalue weighted by Crippen LogP contribution is -2.39. The Morgan fingerprint density at radius 2 is 1.67 bits per heavy atom. The Labute approximate surface area is 216 Å². The number of fused-ring (bicyclic) bond motifs is 1. The first-order chi connectivity index (χ1) is 17.4. The highest BCUT2D eigenvalue weighted by atomic mass is 32.2. The van der Waals surface area contributed by atoms with Gasteiger partial charge in [0.15, 0.2) is 0 Å². The van der Waals surface area contributed by atoms with Crippen LogP contribution in [0.4, 0.5) is 21.0 Å². The zero-order valence-corrected chi connectivity index (χ0v) is 21.6. The number of nitrogens with zero attached hydrogens (tertiary/aromatic N) is 1. The number of amides is 3. The van der Waals surface area contributed by atoms with Crippen LogP contribution in [0.15, 0.2) is 47.4 Å². The van der Waals surface area contributed by atoms with Crippen LogP contribution in [0, 0.1) is 5.92 Å². The third-order valence-corrected chi connectivity index (χ3v) is 7.57. The number of methoxy groups -OCH3 is 1. The van der Waals surface area contributed by atoms with Gasteiger partial charge in [0.05, 0.1) is 7.11 Å². The Morgan fingerprint density at radius 1 is 0.972 bits per heavy atom. The highest BCUT2D eigenvalue weighted by Crippen LogP contribution is 2.30. The lowest BCUT2D eigenvalue weighted by atomic mass is 9.85. The molecule has 0 radical (unpaired) electrons. The van der Waals surface area contributed by atoms with Crippen molar-refractivity contribution >= 4 is 41.2 Å². The van der Waals surface area contributed by atoms with Crippen LogP contribution >= 0.6 is 11.8 Å². The quantitative estimate of drug-likeness (QED) is 0.383. The molecule has 0 aromatic heterocycles. The zero-order chi connectivity index (χ0) is 25.5. The van der Waals surface area contributed by atoms with Gasteiger partial charge >= 0.3 is 18.1 Å².